The standard InChI is InChI=1S/C12H13F2N3O3/c13-12(14)19-9-1-2-10(16-11(9)20-12)17-5-7-3-15-4-8(6-17)18-7/h1-2,7-8,15H,3-6H2. The lowest BCUT2D eigenvalue weighted by atomic mass is 10.1. The molecule has 0 spiro atoms. The zero-order valence-corrected chi connectivity index (χ0v) is 10.5. The van der Waals surface area contributed by atoms with E-state index in [-0.39, 0.29) is 23.8 Å². The summed E-state index contributed by atoms with van der Waals surface area (Å²) < 4.78 is 40.5. The van der Waals surface area contributed by atoms with Crippen LogP contribution in [0.5, 0.6) is 11.6 Å². The molecule has 0 saturated carbocycles. The van der Waals surface area contributed by atoms with Crippen molar-refractivity contribution in [2.24, 2.45) is 0 Å². The minimum absolute atomic E-state index is 0.0335. The van der Waals surface area contributed by atoms with E-state index in [1.54, 1.807) is 6.07 Å². The molecule has 0 aromatic carbocycles. The molecule has 0 aliphatic carbocycles. The number of pyridine rings is 1. The molecule has 2 unspecified atom stereocenters. The summed E-state index contributed by atoms with van der Waals surface area (Å²) in [6, 6.07) is 3.13. The van der Waals surface area contributed by atoms with Crippen LogP contribution in [-0.2, 0) is 4.74 Å². The number of aromatic nitrogens is 1. The van der Waals surface area contributed by atoms with Crippen molar-refractivity contribution in [3.05, 3.63) is 12.1 Å². The molecule has 0 amide bonds. The fourth-order valence-corrected chi connectivity index (χ4v) is 2.75. The second-order valence-electron chi connectivity index (χ2n) is 5.08. The van der Waals surface area contributed by atoms with Crippen LogP contribution in [0.4, 0.5) is 14.6 Å². The highest BCUT2D eigenvalue weighted by Crippen LogP contribution is 2.40. The van der Waals surface area contributed by atoms with Crippen molar-refractivity contribution in [1.82, 2.24) is 10.3 Å². The Kier molecular flexibility index (Phi) is 2.52. The summed E-state index contributed by atoms with van der Waals surface area (Å²) in [6.45, 7) is 2.92. The van der Waals surface area contributed by atoms with Crippen LogP contribution in [0.2, 0.25) is 0 Å². The molecule has 2 atom stereocenters. The second kappa shape index (κ2) is 4.16. The lowest BCUT2D eigenvalue weighted by Gasteiger charge is -2.42. The number of halogens is 2. The van der Waals surface area contributed by atoms with E-state index in [4.69, 9.17) is 4.74 Å². The van der Waals surface area contributed by atoms with Crippen molar-refractivity contribution in [1.29, 1.82) is 0 Å². The Bertz CT molecular complexity index is 531. The maximum Gasteiger partial charge on any atom is 0.587 e. The predicted molar refractivity (Wildman–Crippen MR) is 64.2 cm³/mol. The Labute approximate surface area is 113 Å². The number of alkyl halides is 2. The van der Waals surface area contributed by atoms with E-state index >= 15 is 0 Å². The fourth-order valence-electron chi connectivity index (χ4n) is 2.75. The maximum absolute atomic E-state index is 13.0. The van der Waals surface area contributed by atoms with Crippen LogP contribution in [0, 0.1) is 0 Å². The highest BCUT2D eigenvalue weighted by atomic mass is 19.3. The number of morpholine rings is 2. The van der Waals surface area contributed by atoms with Crippen LogP contribution in [0.3, 0.4) is 0 Å². The Morgan fingerprint density at radius 2 is 1.95 bits per heavy atom. The van der Waals surface area contributed by atoms with Gasteiger partial charge in [-0.15, -0.1) is 8.78 Å². The van der Waals surface area contributed by atoms with Crippen molar-refractivity contribution >= 4 is 5.82 Å². The Morgan fingerprint density at radius 1 is 1.20 bits per heavy atom. The van der Waals surface area contributed by atoms with E-state index in [2.05, 4.69) is 19.8 Å². The van der Waals surface area contributed by atoms with E-state index in [1.807, 2.05) is 4.90 Å². The van der Waals surface area contributed by atoms with Gasteiger partial charge in [-0.2, -0.15) is 4.98 Å². The minimum Gasteiger partial charge on any atom is -0.393 e. The van der Waals surface area contributed by atoms with Gasteiger partial charge in [-0.1, -0.05) is 0 Å². The van der Waals surface area contributed by atoms with Crippen LogP contribution in [0.15, 0.2) is 12.1 Å². The van der Waals surface area contributed by atoms with Crippen LogP contribution in [0.25, 0.3) is 0 Å². The van der Waals surface area contributed by atoms with Crippen LogP contribution in [0.1, 0.15) is 0 Å². The molecule has 3 aliphatic heterocycles. The summed E-state index contributed by atoms with van der Waals surface area (Å²) in [5, 5.41) is 3.30. The first kappa shape index (κ1) is 12.1. The number of hydrogen-bond acceptors (Lipinski definition) is 6. The van der Waals surface area contributed by atoms with E-state index in [0.29, 0.717) is 18.9 Å². The van der Waals surface area contributed by atoms with Gasteiger partial charge in [0.05, 0.1) is 12.2 Å². The van der Waals surface area contributed by atoms with Crippen LogP contribution in [-0.4, -0.2) is 49.7 Å². The van der Waals surface area contributed by atoms with Gasteiger partial charge in [0, 0.05) is 26.2 Å². The number of nitrogens with zero attached hydrogens (tertiary/aromatic N) is 2. The van der Waals surface area contributed by atoms with E-state index in [1.165, 1.54) is 6.07 Å². The third-order valence-corrected chi connectivity index (χ3v) is 3.56. The largest absolute Gasteiger partial charge is 0.587 e. The van der Waals surface area contributed by atoms with Gasteiger partial charge in [-0.05, 0) is 12.1 Å². The summed E-state index contributed by atoms with van der Waals surface area (Å²) >= 11 is 0. The zero-order chi connectivity index (χ0) is 13.7. The van der Waals surface area contributed by atoms with Crippen molar-refractivity contribution in [3.8, 4) is 11.6 Å². The summed E-state index contributed by atoms with van der Waals surface area (Å²) in [7, 11) is 0. The third kappa shape index (κ3) is 2.04. The summed E-state index contributed by atoms with van der Waals surface area (Å²) in [6.07, 6.45) is -3.44. The average Bonchev–Trinajstić information content (AvgIpc) is 2.70. The third-order valence-electron chi connectivity index (χ3n) is 3.56. The molecule has 4 rings (SSSR count). The first-order chi connectivity index (χ1) is 9.59. The van der Waals surface area contributed by atoms with Crippen molar-refractivity contribution in [2.75, 3.05) is 31.1 Å². The van der Waals surface area contributed by atoms with E-state index in [9.17, 15) is 8.78 Å². The Hall–Kier alpha value is -1.67. The number of hydrogen-bond donors (Lipinski definition) is 1. The number of fused-ring (bicyclic) bond motifs is 3. The first-order valence-electron chi connectivity index (χ1n) is 6.47. The lowest BCUT2D eigenvalue weighted by Crippen LogP contribution is -2.58. The van der Waals surface area contributed by atoms with Gasteiger partial charge >= 0.3 is 6.29 Å². The zero-order valence-electron chi connectivity index (χ0n) is 10.5. The molecule has 8 heteroatoms. The first-order valence-corrected chi connectivity index (χ1v) is 6.47. The second-order valence-corrected chi connectivity index (χ2v) is 5.08. The molecule has 20 heavy (non-hydrogen) atoms. The quantitative estimate of drug-likeness (QED) is 0.814. The minimum atomic E-state index is -3.63. The molecule has 108 valence electrons. The van der Waals surface area contributed by atoms with Gasteiger partial charge in [-0.25, -0.2) is 0 Å². The van der Waals surface area contributed by atoms with E-state index < -0.39 is 6.29 Å². The molecular weight excluding hydrogens is 272 g/mol. The van der Waals surface area contributed by atoms with Crippen molar-refractivity contribution < 1.29 is 23.0 Å². The smallest absolute Gasteiger partial charge is 0.393 e. The van der Waals surface area contributed by atoms with Crippen LogP contribution >= 0.6 is 0 Å². The lowest BCUT2D eigenvalue weighted by molar-refractivity contribution is -0.287. The maximum atomic E-state index is 13.0. The predicted octanol–water partition coefficient (Wildman–Crippen LogP) is 0.580. The topological polar surface area (TPSA) is 55.9 Å². The summed E-state index contributed by atoms with van der Waals surface area (Å²) in [4.78, 5) is 6.15. The molecule has 1 N–H and O–H groups in total. The normalized spacial score (nSPS) is 30.4. The van der Waals surface area contributed by atoms with Crippen LogP contribution < -0.4 is 19.7 Å². The molecule has 1 aromatic rings. The summed E-state index contributed by atoms with van der Waals surface area (Å²) in [5.41, 5.74) is 0. The van der Waals surface area contributed by atoms with Gasteiger partial charge < -0.3 is 24.4 Å². The molecule has 3 aliphatic rings. The molecule has 2 saturated heterocycles. The molecule has 2 fully saturated rings. The van der Waals surface area contributed by atoms with Crippen molar-refractivity contribution in [2.45, 2.75) is 18.5 Å². The average molecular weight is 285 g/mol. The van der Waals surface area contributed by atoms with Gasteiger partial charge in [0.25, 0.3) is 5.88 Å². The molecule has 0 radical (unpaired) electrons. The number of nitrogens with one attached hydrogen (secondary N) is 1. The number of rotatable bonds is 1. The molecule has 1 aromatic heterocycles. The Balaban J connectivity index is 1.58. The van der Waals surface area contributed by atoms with Gasteiger partial charge in [0.1, 0.15) is 5.82 Å². The van der Waals surface area contributed by atoms with Gasteiger partial charge in [-0.3, -0.25) is 0 Å². The molecule has 2 bridgehead atoms. The monoisotopic (exact) mass is 285 g/mol. The Morgan fingerprint density at radius 3 is 2.70 bits per heavy atom. The van der Waals surface area contributed by atoms with Gasteiger partial charge in [0.2, 0.25) is 0 Å². The summed E-state index contributed by atoms with van der Waals surface area (Å²) in [5.74, 6) is 0.404. The molecular formula is C12H13F2N3O3. The van der Waals surface area contributed by atoms with Crippen molar-refractivity contribution in [3.63, 3.8) is 0 Å². The molecule has 4 heterocycles. The molecule has 6 nitrogen and oxygen atoms in total. The number of ether oxygens (including phenoxy) is 3. The highest BCUT2D eigenvalue weighted by molar-refractivity contribution is 5.48. The SMILES string of the molecule is FC1(F)Oc2ccc(N3CC4CNCC(C3)O4)nc2O1. The highest BCUT2D eigenvalue weighted by Gasteiger charge is 2.45. The fraction of sp³-hybridized carbons (Fsp3) is 0.583. The number of anilines is 1. The van der Waals surface area contributed by atoms with Gasteiger partial charge in [0.15, 0.2) is 5.75 Å². The van der Waals surface area contributed by atoms with E-state index in [0.717, 1.165) is 13.1 Å².